The highest BCUT2D eigenvalue weighted by molar-refractivity contribution is 5.84. The van der Waals surface area contributed by atoms with Crippen molar-refractivity contribution in [2.24, 2.45) is 0 Å². The lowest BCUT2D eigenvalue weighted by molar-refractivity contribution is -0.132. The molecule has 0 spiro atoms. The first kappa shape index (κ1) is 19.1. The summed E-state index contributed by atoms with van der Waals surface area (Å²) < 4.78 is 0. The topological polar surface area (TPSA) is 37.3 Å². The molecule has 2 nitrogen and oxygen atoms in total. The van der Waals surface area contributed by atoms with Crippen LogP contribution < -0.4 is 0 Å². The predicted molar refractivity (Wildman–Crippen MR) is 95.5 cm³/mol. The van der Waals surface area contributed by atoms with Crippen LogP contribution in [0.25, 0.3) is 12.2 Å². The Labute approximate surface area is 132 Å². The lowest BCUT2D eigenvalue weighted by Crippen LogP contribution is -1.92. The van der Waals surface area contributed by atoms with Crippen LogP contribution in [0, 0.1) is 0 Å². The van der Waals surface area contributed by atoms with Crippen LogP contribution in [0.2, 0.25) is 0 Å². The molecule has 0 aliphatic carbocycles. The van der Waals surface area contributed by atoms with E-state index in [0.29, 0.717) is 0 Å². The number of carboxylic acid groups (broad SMARTS) is 1. The summed E-state index contributed by atoms with van der Waals surface area (Å²) in [6.45, 7) is 11.9. The van der Waals surface area contributed by atoms with Gasteiger partial charge in [-0.2, -0.15) is 0 Å². The van der Waals surface area contributed by atoms with Gasteiger partial charge >= 0.3 is 5.97 Å². The van der Waals surface area contributed by atoms with Crippen molar-refractivity contribution in [3.63, 3.8) is 0 Å². The molecule has 0 aromatic heterocycles. The molecule has 22 heavy (non-hydrogen) atoms. The minimum atomic E-state index is -0.935. The molecule has 0 fully saturated rings. The molecule has 0 atom stereocenters. The average Bonchev–Trinajstić information content (AvgIpc) is 2.57. The van der Waals surface area contributed by atoms with E-state index in [-0.39, 0.29) is 5.57 Å². The summed E-state index contributed by atoms with van der Waals surface area (Å²) in [5, 5.41) is 7.89. The zero-order chi connectivity index (χ0) is 16.8. The molecule has 0 bridgehead atoms. The van der Waals surface area contributed by atoms with Crippen LogP contribution in [-0.2, 0) is 4.79 Å². The third-order valence-corrected chi connectivity index (χ3v) is 2.44. The number of aliphatic carboxylic acids is 1. The van der Waals surface area contributed by atoms with E-state index >= 15 is 0 Å². The summed E-state index contributed by atoms with van der Waals surface area (Å²) >= 11 is 0. The predicted octanol–water partition coefficient (Wildman–Crippen LogP) is 5.31. The number of carboxylic acids is 1. The molecule has 114 valence electrons. The normalized spacial score (nSPS) is 8.23. The van der Waals surface area contributed by atoms with Gasteiger partial charge in [-0.3, -0.25) is 0 Å². The van der Waals surface area contributed by atoms with Crippen LogP contribution in [0.5, 0.6) is 0 Å². The van der Waals surface area contributed by atoms with Crippen LogP contribution >= 0.6 is 0 Å². The van der Waals surface area contributed by atoms with Crippen molar-refractivity contribution >= 4 is 18.1 Å². The molecule has 0 heterocycles. The molecule has 0 aliphatic heterocycles. The van der Waals surface area contributed by atoms with Crippen molar-refractivity contribution < 1.29 is 9.90 Å². The Kier molecular flexibility index (Phi) is 10.4. The van der Waals surface area contributed by atoms with E-state index in [2.05, 4.69) is 19.7 Å². The lowest BCUT2D eigenvalue weighted by Gasteiger charge is -1.85. The maximum absolute atomic E-state index is 9.60. The fraction of sp³-hybridized carbons (Fsp3) is 0.0500. The van der Waals surface area contributed by atoms with Crippen LogP contribution in [0.15, 0.2) is 86.0 Å². The Morgan fingerprint density at radius 1 is 0.864 bits per heavy atom. The van der Waals surface area contributed by atoms with Gasteiger partial charge in [-0.25, -0.2) is 4.79 Å². The summed E-state index contributed by atoms with van der Waals surface area (Å²) in [6, 6.07) is 20.1. The van der Waals surface area contributed by atoms with Gasteiger partial charge in [0.1, 0.15) is 0 Å². The van der Waals surface area contributed by atoms with Gasteiger partial charge in [0.15, 0.2) is 0 Å². The second-order valence-corrected chi connectivity index (χ2v) is 4.32. The molecule has 2 aromatic rings. The van der Waals surface area contributed by atoms with Crippen LogP contribution in [0.1, 0.15) is 18.1 Å². The monoisotopic (exact) mass is 294 g/mol. The molecule has 0 aliphatic rings. The highest BCUT2D eigenvalue weighted by Crippen LogP contribution is 1.98. The Morgan fingerprint density at radius 3 is 1.27 bits per heavy atom. The molecule has 0 saturated carbocycles. The first-order valence-electron chi connectivity index (χ1n) is 6.75. The number of hydrogen-bond donors (Lipinski definition) is 1. The molecule has 0 radical (unpaired) electrons. The number of benzene rings is 2. The fourth-order valence-corrected chi connectivity index (χ4v) is 1.18. The fourth-order valence-electron chi connectivity index (χ4n) is 1.18. The van der Waals surface area contributed by atoms with Gasteiger partial charge in [-0.1, -0.05) is 92.6 Å². The van der Waals surface area contributed by atoms with Gasteiger partial charge in [-0.15, -0.1) is 0 Å². The summed E-state index contributed by atoms with van der Waals surface area (Å²) in [5.74, 6) is -0.935. The van der Waals surface area contributed by atoms with Crippen molar-refractivity contribution in [1.82, 2.24) is 0 Å². The average molecular weight is 294 g/mol. The largest absolute Gasteiger partial charge is 0.478 e. The Morgan fingerprint density at radius 2 is 1.14 bits per heavy atom. The molecule has 2 rings (SSSR count). The number of hydrogen-bond acceptors (Lipinski definition) is 1. The second-order valence-electron chi connectivity index (χ2n) is 4.32. The first-order valence-corrected chi connectivity index (χ1v) is 6.75. The molecule has 2 aromatic carbocycles. The summed E-state index contributed by atoms with van der Waals surface area (Å²) in [6.07, 6.45) is 3.67. The Bertz CT molecular complexity index is 528. The van der Waals surface area contributed by atoms with Gasteiger partial charge in [0.05, 0.1) is 0 Å². The van der Waals surface area contributed by atoms with Gasteiger partial charge in [-0.05, 0) is 18.1 Å². The minimum Gasteiger partial charge on any atom is -0.478 e. The highest BCUT2D eigenvalue weighted by atomic mass is 16.4. The van der Waals surface area contributed by atoms with Gasteiger partial charge in [0, 0.05) is 5.57 Å². The maximum atomic E-state index is 9.60. The SMILES string of the molecule is C=C(C)C(=O)O.C=Cc1ccccc1.C=Cc1ccccc1. The summed E-state index contributed by atoms with van der Waals surface area (Å²) in [5.41, 5.74) is 2.52. The van der Waals surface area contributed by atoms with E-state index in [9.17, 15) is 4.79 Å². The molecule has 0 saturated heterocycles. The van der Waals surface area contributed by atoms with Gasteiger partial charge in [0.25, 0.3) is 0 Å². The molecular formula is C20H22O2. The Hall–Kier alpha value is -2.87. The molecule has 1 N–H and O–H groups in total. The molecule has 0 amide bonds. The molecule has 2 heteroatoms. The summed E-state index contributed by atoms with van der Waals surface area (Å²) in [4.78, 5) is 9.60. The third kappa shape index (κ3) is 9.98. The van der Waals surface area contributed by atoms with E-state index in [0.717, 1.165) is 0 Å². The minimum absolute atomic E-state index is 0.176. The maximum Gasteiger partial charge on any atom is 0.330 e. The van der Waals surface area contributed by atoms with E-state index in [4.69, 9.17) is 5.11 Å². The molecular weight excluding hydrogens is 272 g/mol. The van der Waals surface area contributed by atoms with Crippen molar-refractivity contribution in [2.75, 3.05) is 0 Å². The molecule has 0 unspecified atom stereocenters. The van der Waals surface area contributed by atoms with Crippen molar-refractivity contribution in [3.8, 4) is 0 Å². The summed E-state index contributed by atoms with van der Waals surface area (Å²) in [7, 11) is 0. The third-order valence-electron chi connectivity index (χ3n) is 2.44. The number of carbonyl (C=O) groups is 1. The lowest BCUT2D eigenvalue weighted by atomic mass is 10.2. The Balaban J connectivity index is 0.000000306. The zero-order valence-corrected chi connectivity index (χ0v) is 12.9. The van der Waals surface area contributed by atoms with Crippen molar-refractivity contribution in [1.29, 1.82) is 0 Å². The number of rotatable bonds is 3. The van der Waals surface area contributed by atoms with Gasteiger partial charge < -0.3 is 5.11 Å². The standard InChI is InChI=1S/2C8H8.C4H6O2/c2*1-2-8-6-4-3-5-7-8;1-3(2)4(5)6/h2*2-7H,1H2;1H2,2H3,(H,5,6). The van der Waals surface area contributed by atoms with Crippen molar-refractivity contribution in [2.45, 2.75) is 6.92 Å². The van der Waals surface area contributed by atoms with E-state index in [1.54, 1.807) is 0 Å². The van der Waals surface area contributed by atoms with Crippen LogP contribution in [-0.4, -0.2) is 11.1 Å². The zero-order valence-electron chi connectivity index (χ0n) is 12.9. The van der Waals surface area contributed by atoms with Crippen LogP contribution in [0.4, 0.5) is 0 Å². The quantitative estimate of drug-likeness (QED) is 0.779. The smallest absolute Gasteiger partial charge is 0.330 e. The highest BCUT2D eigenvalue weighted by Gasteiger charge is 1.90. The van der Waals surface area contributed by atoms with Gasteiger partial charge in [0.2, 0.25) is 0 Å². The second kappa shape index (κ2) is 11.9. The first-order chi connectivity index (χ1) is 10.5. The van der Waals surface area contributed by atoms with E-state index in [1.807, 2.05) is 72.8 Å². The van der Waals surface area contributed by atoms with Crippen LogP contribution in [0.3, 0.4) is 0 Å². The van der Waals surface area contributed by atoms with E-state index < -0.39 is 5.97 Å². The van der Waals surface area contributed by atoms with E-state index in [1.165, 1.54) is 18.1 Å². The van der Waals surface area contributed by atoms with Crippen molar-refractivity contribution in [3.05, 3.63) is 97.1 Å².